The number of hydrogen-bond acceptors (Lipinski definition) is 4. The third kappa shape index (κ3) is 4.42. The van der Waals surface area contributed by atoms with Gasteiger partial charge in [-0.1, -0.05) is 13.8 Å². The number of pyridine rings is 1. The second-order valence-electron chi connectivity index (χ2n) is 6.47. The number of carbonyl (C=O) groups is 1. The molecule has 0 amide bonds. The molecule has 2 atom stereocenters. The topological polar surface area (TPSA) is 82.6 Å². The molecule has 0 bridgehead atoms. The molecule has 0 spiro atoms. The minimum absolute atomic E-state index is 0.0539. The van der Waals surface area contributed by atoms with E-state index < -0.39 is 11.5 Å². The van der Waals surface area contributed by atoms with Crippen LogP contribution in [0.3, 0.4) is 0 Å². The van der Waals surface area contributed by atoms with Gasteiger partial charge in [0.25, 0.3) is 5.56 Å². The van der Waals surface area contributed by atoms with Gasteiger partial charge in [0, 0.05) is 25.4 Å². The smallest absolute Gasteiger partial charge is 0.341 e. The summed E-state index contributed by atoms with van der Waals surface area (Å²) in [6.07, 6.45) is 1.97. The average molecular weight is 322 g/mol. The SMILES string of the molecule is CCO[C@H]1CCN(CC(C)C)[C@H](c2ccc(C(=O)O)c(=O)[nH]2)C1. The molecule has 6 nitrogen and oxygen atoms in total. The van der Waals surface area contributed by atoms with Crippen LogP contribution < -0.4 is 5.56 Å². The Morgan fingerprint density at radius 2 is 2.22 bits per heavy atom. The third-order valence-electron chi connectivity index (χ3n) is 4.19. The van der Waals surface area contributed by atoms with E-state index >= 15 is 0 Å². The highest BCUT2D eigenvalue weighted by atomic mass is 16.5. The lowest BCUT2D eigenvalue weighted by Gasteiger charge is -2.40. The van der Waals surface area contributed by atoms with Crippen molar-refractivity contribution >= 4 is 5.97 Å². The number of nitrogens with one attached hydrogen (secondary N) is 1. The largest absolute Gasteiger partial charge is 0.477 e. The maximum atomic E-state index is 12.0. The Hall–Kier alpha value is -1.66. The number of ether oxygens (including phenoxy) is 1. The number of hydrogen-bond donors (Lipinski definition) is 2. The van der Waals surface area contributed by atoms with Crippen LogP contribution in [-0.4, -0.2) is 46.8 Å². The van der Waals surface area contributed by atoms with Crippen molar-refractivity contribution in [3.05, 3.63) is 33.7 Å². The number of nitrogens with zero attached hydrogens (tertiary/aromatic N) is 1. The molecule has 2 rings (SSSR count). The van der Waals surface area contributed by atoms with Crippen LogP contribution >= 0.6 is 0 Å². The number of aromatic carboxylic acids is 1. The molecule has 0 aliphatic carbocycles. The maximum absolute atomic E-state index is 12.0. The van der Waals surface area contributed by atoms with Gasteiger partial charge in [-0.05, 0) is 37.8 Å². The summed E-state index contributed by atoms with van der Waals surface area (Å²) in [5.74, 6) is -0.682. The van der Waals surface area contributed by atoms with Gasteiger partial charge in [0.1, 0.15) is 5.56 Å². The summed E-state index contributed by atoms with van der Waals surface area (Å²) in [5, 5.41) is 9.00. The van der Waals surface area contributed by atoms with E-state index in [0.29, 0.717) is 12.5 Å². The number of H-pyrrole nitrogens is 1. The van der Waals surface area contributed by atoms with Crippen LogP contribution in [0, 0.1) is 5.92 Å². The number of carboxylic acid groups (broad SMARTS) is 1. The molecule has 0 aromatic carbocycles. The fourth-order valence-corrected chi connectivity index (χ4v) is 3.23. The molecule has 1 saturated heterocycles. The maximum Gasteiger partial charge on any atom is 0.341 e. The van der Waals surface area contributed by atoms with Gasteiger partial charge in [0.05, 0.1) is 12.1 Å². The van der Waals surface area contributed by atoms with Crippen molar-refractivity contribution in [2.75, 3.05) is 19.7 Å². The molecular weight excluding hydrogens is 296 g/mol. The van der Waals surface area contributed by atoms with E-state index in [9.17, 15) is 9.59 Å². The minimum Gasteiger partial charge on any atom is -0.477 e. The van der Waals surface area contributed by atoms with Gasteiger partial charge in [0.15, 0.2) is 0 Å². The molecule has 1 aromatic heterocycles. The average Bonchev–Trinajstić information content (AvgIpc) is 2.48. The van der Waals surface area contributed by atoms with Crippen molar-refractivity contribution in [2.45, 2.75) is 45.8 Å². The van der Waals surface area contributed by atoms with Crippen LogP contribution in [-0.2, 0) is 4.74 Å². The molecule has 2 heterocycles. The van der Waals surface area contributed by atoms with Crippen molar-refractivity contribution in [1.29, 1.82) is 0 Å². The van der Waals surface area contributed by atoms with Gasteiger partial charge in [-0.15, -0.1) is 0 Å². The van der Waals surface area contributed by atoms with Crippen molar-refractivity contribution in [1.82, 2.24) is 9.88 Å². The zero-order chi connectivity index (χ0) is 17.0. The zero-order valence-corrected chi connectivity index (χ0v) is 14.0. The lowest BCUT2D eigenvalue weighted by molar-refractivity contribution is -0.0152. The monoisotopic (exact) mass is 322 g/mol. The first-order chi connectivity index (χ1) is 10.9. The molecule has 0 saturated carbocycles. The Kier molecular flexibility index (Phi) is 5.96. The van der Waals surface area contributed by atoms with Gasteiger partial charge in [-0.3, -0.25) is 9.69 Å². The van der Waals surface area contributed by atoms with E-state index in [4.69, 9.17) is 9.84 Å². The van der Waals surface area contributed by atoms with Crippen molar-refractivity contribution in [3.8, 4) is 0 Å². The number of piperidine rings is 1. The molecule has 128 valence electrons. The first-order valence-electron chi connectivity index (χ1n) is 8.24. The summed E-state index contributed by atoms with van der Waals surface area (Å²) >= 11 is 0. The van der Waals surface area contributed by atoms with E-state index in [-0.39, 0.29) is 17.7 Å². The molecule has 0 radical (unpaired) electrons. The van der Waals surface area contributed by atoms with Crippen molar-refractivity contribution in [2.24, 2.45) is 5.92 Å². The number of carboxylic acids is 1. The standard InChI is InChI=1S/C17H26N2O4/c1-4-23-12-7-8-19(10-11(2)3)15(9-12)14-6-5-13(17(21)22)16(20)18-14/h5-6,11-12,15H,4,7-10H2,1-3H3,(H,18,20)(H,21,22)/t12-,15-/m0/s1. The minimum atomic E-state index is -1.20. The van der Waals surface area contributed by atoms with E-state index in [0.717, 1.165) is 31.6 Å². The molecule has 1 aromatic rings. The lowest BCUT2D eigenvalue weighted by atomic mass is 9.95. The van der Waals surface area contributed by atoms with Crippen LogP contribution in [0.25, 0.3) is 0 Å². The van der Waals surface area contributed by atoms with Crippen LogP contribution in [0.4, 0.5) is 0 Å². The zero-order valence-electron chi connectivity index (χ0n) is 14.0. The van der Waals surface area contributed by atoms with E-state index in [2.05, 4.69) is 23.7 Å². The Labute approximate surface area is 136 Å². The quantitative estimate of drug-likeness (QED) is 0.839. The summed E-state index contributed by atoms with van der Waals surface area (Å²) in [5.41, 5.74) is 0.00408. The van der Waals surface area contributed by atoms with Gasteiger partial charge >= 0.3 is 5.97 Å². The summed E-state index contributed by atoms with van der Waals surface area (Å²) in [6.45, 7) is 8.85. The summed E-state index contributed by atoms with van der Waals surface area (Å²) in [7, 11) is 0. The molecule has 6 heteroatoms. The van der Waals surface area contributed by atoms with E-state index in [1.807, 2.05) is 6.92 Å². The second kappa shape index (κ2) is 7.75. The number of rotatable bonds is 6. The normalized spacial score (nSPS) is 22.4. The predicted octanol–water partition coefficient (Wildman–Crippen LogP) is 2.27. The van der Waals surface area contributed by atoms with Gasteiger partial charge in [0.2, 0.25) is 0 Å². The molecule has 23 heavy (non-hydrogen) atoms. The number of likely N-dealkylation sites (tertiary alicyclic amines) is 1. The van der Waals surface area contributed by atoms with Crippen LogP contribution in [0.15, 0.2) is 16.9 Å². The van der Waals surface area contributed by atoms with Gasteiger partial charge < -0.3 is 14.8 Å². The molecular formula is C17H26N2O4. The summed E-state index contributed by atoms with van der Waals surface area (Å²) in [6, 6.07) is 3.17. The van der Waals surface area contributed by atoms with E-state index in [1.165, 1.54) is 6.07 Å². The van der Waals surface area contributed by atoms with Crippen molar-refractivity contribution < 1.29 is 14.6 Å². The summed E-state index contributed by atoms with van der Waals surface area (Å²) in [4.78, 5) is 28.1. The molecule has 1 fully saturated rings. The first-order valence-corrected chi connectivity index (χ1v) is 8.24. The Morgan fingerprint density at radius 1 is 1.48 bits per heavy atom. The van der Waals surface area contributed by atoms with Gasteiger partial charge in [-0.25, -0.2) is 4.79 Å². The second-order valence-corrected chi connectivity index (χ2v) is 6.47. The molecule has 0 unspecified atom stereocenters. The highest BCUT2D eigenvalue weighted by Crippen LogP contribution is 2.31. The van der Waals surface area contributed by atoms with Gasteiger partial charge in [-0.2, -0.15) is 0 Å². The fourth-order valence-electron chi connectivity index (χ4n) is 3.23. The predicted molar refractivity (Wildman–Crippen MR) is 87.8 cm³/mol. The van der Waals surface area contributed by atoms with Crippen LogP contribution in [0.2, 0.25) is 0 Å². The summed E-state index contributed by atoms with van der Waals surface area (Å²) < 4.78 is 5.77. The number of aromatic amines is 1. The molecule has 1 aliphatic heterocycles. The molecule has 2 N–H and O–H groups in total. The fraction of sp³-hybridized carbons (Fsp3) is 0.647. The number of aromatic nitrogens is 1. The van der Waals surface area contributed by atoms with Crippen molar-refractivity contribution in [3.63, 3.8) is 0 Å². The lowest BCUT2D eigenvalue weighted by Crippen LogP contribution is -2.42. The highest BCUT2D eigenvalue weighted by Gasteiger charge is 2.31. The van der Waals surface area contributed by atoms with Crippen LogP contribution in [0.5, 0.6) is 0 Å². The van der Waals surface area contributed by atoms with Crippen LogP contribution in [0.1, 0.15) is 55.7 Å². The Balaban J connectivity index is 2.27. The first kappa shape index (κ1) is 17.7. The highest BCUT2D eigenvalue weighted by molar-refractivity contribution is 5.87. The third-order valence-corrected chi connectivity index (χ3v) is 4.19. The molecule has 1 aliphatic rings. The Morgan fingerprint density at radius 3 is 2.78 bits per heavy atom. The Bertz CT molecular complexity index is 597. The van der Waals surface area contributed by atoms with E-state index in [1.54, 1.807) is 6.07 Å².